The fourth-order valence-corrected chi connectivity index (χ4v) is 9.40. The molecule has 9 aromatic rings. The maximum atomic E-state index is 5.64. The van der Waals surface area contributed by atoms with E-state index in [1.807, 2.05) is 0 Å². The van der Waals surface area contributed by atoms with Crippen LogP contribution in [0.25, 0.3) is 53.9 Å². The van der Waals surface area contributed by atoms with Gasteiger partial charge in [0.1, 0.15) is 11.6 Å². The van der Waals surface area contributed by atoms with Crippen LogP contribution >= 0.6 is 0 Å². The van der Waals surface area contributed by atoms with Crippen molar-refractivity contribution < 1.29 is 0 Å². The van der Waals surface area contributed by atoms with Crippen LogP contribution in [0, 0.1) is 5.92 Å². The molecule has 0 saturated heterocycles. The van der Waals surface area contributed by atoms with Gasteiger partial charge in [-0.05, 0) is 123 Å². The van der Waals surface area contributed by atoms with E-state index < -0.39 is 0 Å². The molecule has 2 atom stereocenters. The molecule has 6 nitrogen and oxygen atoms in total. The van der Waals surface area contributed by atoms with E-state index in [9.17, 15) is 0 Å². The van der Waals surface area contributed by atoms with E-state index >= 15 is 0 Å². The Morgan fingerprint density at radius 2 is 0.949 bits per heavy atom. The van der Waals surface area contributed by atoms with Crippen LogP contribution in [-0.4, -0.2) is 34.3 Å². The van der Waals surface area contributed by atoms with E-state index in [4.69, 9.17) is 25.0 Å². The lowest BCUT2D eigenvalue weighted by molar-refractivity contribution is 0.574. The van der Waals surface area contributed by atoms with Gasteiger partial charge in [-0.1, -0.05) is 104 Å². The number of hydrogen-bond donors (Lipinski definition) is 1. The summed E-state index contributed by atoms with van der Waals surface area (Å²) in [4.78, 5) is 30.9. The van der Waals surface area contributed by atoms with Gasteiger partial charge in [-0.3, -0.25) is 4.99 Å². The summed E-state index contributed by atoms with van der Waals surface area (Å²) in [7, 11) is 0. The first kappa shape index (κ1) is 33.8. The van der Waals surface area contributed by atoms with Gasteiger partial charge < -0.3 is 4.98 Å². The maximum Gasteiger partial charge on any atom is 0.164 e. The van der Waals surface area contributed by atoms with Gasteiger partial charge in [-0.2, -0.15) is 0 Å². The third-order valence-electron chi connectivity index (χ3n) is 12.5. The monoisotopic (exact) mass is 758 g/mol. The predicted molar refractivity (Wildman–Crippen MR) is 248 cm³/mol. The number of amidine groups is 2. The minimum atomic E-state index is -0.0633. The molecule has 6 heteroatoms. The Balaban J connectivity index is 1.19. The summed E-state index contributed by atoms with van der Waals surface area (Å²) in [6.07, 6.45) is 3.92. The summed E-state index contributed by atoms with van der Waals surface area (Å²) >= 11 is 0. The predicted octanol–water partition coefficient (Wildman–Crippen LogP) is 13.2. The number of H-pyrrole nitrogens is 1. The quantitative estimate of drug-likeness (QED) is 0.160. The molecule has 3 heterocycles. The molecule has 6 bridgehead atoms. The highest BCUT2D eigenvalue weighted by Gasteiger charge is 2.29. The van der Waals surface area contributed by atoms with Crippen LogP contribution in [0.4, 0.5) is 11.6 Å². The Kier molecular flexibility index (Phi) is 7.51. The lowest BCUT2D eigenvalue weighted by Crippen LogP contribution is -2.12. The summed E-state index contributed by atoms with van der Waals surface area (Å²) in [6, 6.07) is 52.1. The summed E-state index contributed by atoms with van der Waals surface area (Å²) in [6.45, 7) is 4.40. The van der Waals surface area contributed by atoms with Gasteiger partial charge in [0.15, 0.2) is 11.7 Å². The molecule has 0 amide bonds. The molecule has 12 rings (SSSR count). The van der Waals surface area contributed by atoms with Crippen molar-refractivity contribution in [1.82, 2.24) is 4.98 Å². The number of aromatic amines is 1. The van der Waals surface area contributed by atoms with E-state index in [2.05, 4.69) is 171 Å². The van der Waals surface area contributed by atoms with Gasteiger partial charge in [0.2, 0.25) is 0 Å². The fraction of sp³-hybridized carbons (Fsp3) is 0.113. The number of nitrogens with zero attached hydrogens (tertiary/aromatic N) is 5. The third kappa shape index (κ3) is 5.58. The topological polar surface area (TPSA) is 77.6 Å². The SMILES string of the molecule is CC1=NC2=NC(=Nc3[nH]c(c4cc5ccccc5cc34)N=C3c4cc5ccccc5cc4C(CCC3C)N=Cc3cc4ccccc4cc31)c1cc3ccccc3cc12. The molecular weight excluding hydrogens is 721 g/mol. The van der Waals surface area contributed by atoms with E-state index in [0.29, 0.717) is 11.7 Å². The molecule has 0 fully saturated rings. The Morgan fingerprint density at radius 1 is 0.475 bits per heavy atom. The number of aromatic nitrogens is 1. The van der Waals surface area contributed by atoms with Gasteiger partial charge in [0.25, 0.3) is 0 Å². The number of rotatable bonds is 0. The third-order valence-corrected chi connectivity index (χ3v) is 12.5. The molecule has 2 aliphatic heterocycles. The average Bonchev–Trinajstić information content (AvgIpc) is 3.73. The molecule has 280 valence electrons. The van der Waals surface area contributed by atoms with Crippen molar-refractivity contribution in [2.75, 3.05) is 0 Å². The maximum absolute atomic E-state index is 5.64. The molecule has 0 spiro atoms. The zero-order valence-corrected chi connectivity index (χ0v) is 32.7. The van der Waals surface area contributed by atoms with Crippen molar-refractivity contribution in [3.8, 4) is 0 Å². The molecule has 0 radical (unpaired) electrons. The first-order valence-corrected chi connectivity index (χ1v) is 20.5. The van der Waals surface area contributed by atoms with Crippen LogP contribution in [0.3, 0.4) is 0 Å². The molecule has 59 heavy (non-hydrogen) atoms. The highest BCUT2D eigenvalue weighted by Crippen LogP contribution is 2.42. The second-order valence-corrected chi connectivity index (χ2v) is 16.2. The van der Waals surface area contributed by atoms with Crippen LogP contribution < -0.4 is 0 Å². The Bertz CT molecular complexity index is 3430. The summed E-state index contributed by atoms with van der Waals surface area (Å²) < 4.78 is 0. The van der Waals surface area contributed by atoms with Gasteiger partial charge in [-0.15, -0.1) is 0 Å². The van der Waals surface area contributed by atoms with Crippen LogP contribution in [0.1, 0.15) is 66.1 Å². The fourth-order valence-electron chi connectivity index (χ4n) is 9.40. The van der Waals surface area contributed by atoms with Crippen molar-refractivity contribution >= 4 is 94.8 Å². The van der Waals surface area contributed by atoms with E-state index in [1.54, 1.807) is 0 Å². The number of fused-ring (bicyclic) bond motifs is 14. The van der Waals surface area contributed by atoms with E-state index in [-0.39, 0.29) is 12.0 Å². The Hall–Kier alpha value is -7.31. The van der Waals surface area contributed by atoms with Crippen LogP contribution in [0.15, 0.2) is 171 Å². The normalized spacial score (nSPS) is 17.5. The van der Waals surface area contributed by atoms with Crippen LogP contribution in [0.5, 0.6) is 0 Å². The van der Waals surface area contributed by atoms with Gasteiger partial charge in [0, 0.05) is 50.5 Å². The van der Waals surface area contributed by atoms with Crippen molar-refractivity contribution in [1.29, 1.82) is 0 Å². The Morgan fingerprint density at radius 3 is 1.54 bits per heavy atom. The average molecular weight is 759 g/mol. The number of benzene rings is 8. The smallest absolute Gasteiger partial charge is 0.164 e. The largest absolute Gasteiger partial charge is 0.324 e. The summed E-state index contributed by atoms with van der Waals surface area (Å²) in [5.41, 5.74) is 8.25. The molecule has 8 aromatic carbocycles. The second-order valence-electron chi connectivity index (χ2n) is 16.2. The molecule has 0 saturated carbocycles. The first-order chi connectivity index (χ1) is 29.0. The molecule has 1 aromatic heterocycles. The summed E-state index contributed by atoms with van der Waals surface area (Å²) in [5, 5.41) is 11.3. The number of aliphatic imine (C=N–C) groups is 5. The van der Waals surface area contributed by atoms with Gasteiger partial charge in [0.05, 0.1) is 11.8 Å². The van der Waals surface area contributed by atoms with Crippen LogP contribution in [-0.2, 0) is 0 Å². The highest BCUT2D eigenvalue weighted by atomic mass is 15.1. The minimum Gasteiger partial charge on any atom is -0.324 e. The summed E-state index contributed by atoms with van der Waals surface area (Å²) in [5.74, 6) is 2.97. The van der Waals surface area contributed by atoms with E-state index in [0.717, 1.165) is 107 Å². The molecule has 1 N–H and O–H groups in total. The van der Waals surface area contributed by atoms with Crippen molar-refractivity contribution in [3.05, 3.63) is 179 Å². The van der Waals surface area contributed by atoms with Crippen molar-refractivity contribution in [3.63, 3.8) is 0 Å². The molecular formula is C53H38N6. The Labute approximate surface area is 341 Å². The van der Waals surface area contributed by atoms with Crippen molar-refractivity contribution in [2.24, 2.45) is 30.9 Å². The minimum absolute atomic E-state index is 0.0633. The lowest BCUT2D eigenvalue weighted by Gasteiger charge is -2.17. The number of hydrogen-bond acceptors (Lipinski definition) is 5. The second kappa shape index (κ2) is 13.1. The zero-order chi connectivity index (χ0) is 39.2. The van der Waals surface area contributed by atoms with Crippen molar-refractivity contribution in [2.45, 2.75) is 32.7 Å². The van der Waals surface area contributed by atoms with Crippen LogP contribution in [0.2, 0.25) is 0 Å². The zero-order valence-electron chi connectivity index (χ0n) is 32.7. The van der Waals surface area contributed by atoms with E-state index in [1.165, 1.54) is 16.3 Å². The highest BCUT2D eigenvalue weighted by molar-refractivity contribution is 6.28. The first-order valence-electron chi connectivity index (χ1n) is 20.5. The molecule has 1 aliphatic carbocycles. The van der Waals surface area contributed by atoms with Gasteiger partial charge >= 0.3 is 0 Å². The lowest BCUT2D eigenvalue weighted by atomic mass is 9.92. The molecule has 2 unspecified atom stereocenters. The number of nitrogens with one attached hydrogen (secondary N) is 1. The van der Waals surface area contributed by atoms with Gasteiger partial charge in [-0.25, -0.2) is 20.0 Å². The molecule has 3 aliphatic rings. The standard InChI is InChI=1S/C53H38N6/c1-30-19-20-48-42-23-34-13-5-6-14-35(34)24-43(42)49(30)56-51-45-26-37-16-8-10-18-39(37)28-47(45)53(58-51)59-52-46-27-38-17-9-7-15-36(38)25-44(46)50(57-52)55-31(2)41-22-33-12-4-3-11-32(33)21-40(41)29-54-48/h3-18,21-30,48,58H,19-20H2,1-2H3.